The van der Waals surface area contributed by atoms with Crippen molar-refractivity contribution in [2.75, 3.05) is 11.9 Å². The van der Waals surface area contributed by atoms with E-state index in [1.807, 2.05) is 12.1 Å². The summed E-state index contributed by atoms with van der Waals surface area (Å²) in [6.07, 6.45) is 6.23. The van der Waals surface area contributed by atoms with Gasteiger partial charge < -0.3 is 10.4 Å². The molecule has 0 bridgehead atoms. The molecular formula is C15H18N4O. The second-order valence-corrected chi connectivity index (χ2v) is 5.15. The first-order valence-corrected chi connectivity index (χ1v) is 6.96. The van der Waals surface area contributed by atoms with Crippen LogP contribution in [0.25, 0.3) is 11.4 Å². The van der Waals surface area contributed by atoms with Gasteiger partial charge in [0.2, 0.25) is 0 Å². The summed E-state index contributed by atoms with van der Waals surface area (Å²) in [5.41, 5.74) is 3.23. The van der Waals surface area contributed by atoms with E-state index >= 15 is 0 Å². The Bertz CT molecular complexity index is 598. The van der Waals surface area contributed by atoms with E-state index in [1.54, 1.807) is 19.3 Å². The molecule has 0 spiro atoms. The summed E-state index contributed by atoms with van der Waals surface area (Å²) in [7, 11) is 0. The first kappa shape index (κ1) is 13.0. The van der Waals surface area contributed by atoms with Gasteiger partial charge in [-0.1, -0.05) is 0 Å². The number of aliphatic hydroxyl groups is 1. The molecule has 5 nitrogen and oxygen atoms in total. The molecule has 0 radical (unpaired) electrons. The fourth-order valence-corrected chi connectivity index (χ4v) is 2.45. The molecular weight excluding hydrogens is 252 g/mol. The minimum Gasteiger partial charge on any atom is -0.392 e. The fourth-order valence-electron chi connectivity index (χ4n) is 2.45. The molecule has 0 aromatic carbocycles. The number of hydrogen-bond donors (Lipinski definition) is 2. The maximum absolute atomic E-state index is 9.43. The largest absolute Gasteiger partial charge is 0.392 e. The van der Waals surface area contributed by atoms with Crippen molar-refractivity contribution < 1.29 is 5.11 Å². The van der Waals surface area contributed by atoms with Gasteiger partial charge in [-0.25, -0.2) is 9.97 Å². The molecule has 1 atom stereocenters. The number of aryl methyl sites for hydroxylation is 1. The van der Waals surface area contributed by atoms with Gasteiger partial charge in [0.1, 0.15) is 5.82 Å². The van der Waals surface area contributed by atoms with E-state index in [0.29, 0.717) is 12.4 Å². The van der Waals surface area contributed by atoms with Crippen LogP contribution in [0, 0.1) is 0 Å². The number of aromatic nitrogens is 3. The highest BCUT2D eigenvalue weighted by molar-refractivity contribution is 5.59. The molecule has 0 aliphatic heterocycles. The second kappa shape index (κ2) is 5.54. The van der Waals surface area contributed by atoms with Gasteiger partial charge in [0.15, 0.2) is 5.82 Å². The molecule has 0 unspecified atom stereocenters. The van der Waals surface area contributed by atoms with E-state index in [-0.39, 0.29) is 0 Å². The van der Waals surface area contributed by atoms with Gasteiger partial charge in [0.05, 0.1) is 6.10 Å². The number of rotatable bonds is 4. The first-order valence-electron chi connectivity index (χ1n) is 6.96. The van der Waals surface area contributed by atoms with Gasteiger partial charge >= 0.3 is 0 Å². The zero-order chi connectivity index (χ0) is 13.9. The SMILES string of the molecule is C[C@@H](O)CNc1nc(-c2cccnc2)nc2c1CCC2. The average molecular weight is 270 g/mol. The Balaban J connectivity index is 1.98. The second-order valence-electron chi connectivity index (χ2n) is 5.15. The monoisotopic (exact) mass is 270 g/mol. The van der Waals surface area contributed by atoms with E-state index in [1.165, 1.54) is 5.56 Å². The molecule has 0 amide bonds. The van der Waals surface area contributed by atoms with Crippen molar-refractivity contribution in [3.8, 4) is 11.4 Å². The summed E-state index contributed by atoms with van der Waals surface area (Å²) in [5, 5.41) is 12.7. The topological polar surface area (TPSA) is 70.9 Å². The van der Waals surface area contributed by atoms with Gasteiger partial charge in [-0.15, -0.1) is 0 Å². The van der Waals surface area contributed by atoms with Crippen molar-refractivity contribution in [1.82, 2.24) is 15.0 Å². The number of pyridine rings is 1. The molecule has 1 aliphatic rings. The van der Waals surface area contributed by atoms with Crippen molar-refractivity contribution in [1.29, 1.82) is 0 Å². The van der Waals surface area contributed by atoms with Gasteiger partial charge in [-0.2, -0.15) is 0 Å². The molecule has 2 aromatic heterocycles. The van der Waals surface area contributed by atoms with Crippen LogP contribution in [0.15, 0.2) is 24.5 Å². The minimum absolute atomic E-state index is 0.399. The van der Waals surface area contributed by atoms with Crippen LogP contribution in [-0.4, -0.2) is 32.7 Å². The Labute approximate surface area is 118 Å². The molecule has 2 aromatic rings. The molecule has 0 saturated heterocycles. The summed E-state index contributed by atoms with van der Waals surface area (Å²) in [6.45, 7) is 2.26. The molecule has 1 aliphatic carbocycles. The maximum Gasteiger partial charge on any atom is 0.163 e. The Morgan fingerprint density at radius 1 is 1.35 bits per heavy atom. The fraction of sp³-hybridized carbons (Fsp3) is 0.400. The smallest absolute Gasteiger partial charge is 0.163 e. The minimum atomic E-state index is -0.399. The highest BCUT2D eigenvalue weighted by Crippen LogP contribution is 2.28. The lowest BCUT2D eigenvalue weighted by Crippen LogP contribution is -2.17. The third-order valence-corrected chi connectivity index (χ3v) is 3.42. The van der Waals surface area contributed by atoms with E-state index < -0.39 is 6.10 Å². The molecule has 2 N–H and O–H groups in total. The quantitative estimate of drug-likeness (QED) is 0.886. The van der Waals surface area contributed by atoms with Crippen LogP contribution < -0.4 is 5.32 Å². The lowest BCUT2D eigenvalue weighted by Gasteiger charge is -2.13. The van der Waals surface area contributed by atoms with E-state index in [0.717, 1.165) is 36.3 Å². The van der Waals surface area contributed by atoms with Gasteiger partial charge in [-0.05, 0) is 38.3 Å². The molecule has 2 heterocycles. The standard InChI is InChI=1S/C15H18N4O/c1-10(20)8-17-15-12-5-2-6-13(12)18-14(19-15)11-4-3-7-16-9-11/h3-4,7,9-10,20H,2,5-6,8H2,1H3,(H,17,18,19)/t10-/m1/s1. The van der Waals surface area contributed by atoms with Gasteiger partial charge in [0.25, 0.3) is 0 Å². The Hall–Kier alpha value is -2.01. The lowest BCUT2D eigenvalue weighted by molar-refractivity contribution is 0.208. The van der Waals surface area contributed by atoms with Gasteiger partial charge in [-0.3, -0.25) is 4.98 Å². The summed E-state index contributed by atoms with van der Waals surface area (Å²) in [4.78, 5) is 13.4. The van der Waals surface area contributed by atoms with E-state index in [9.17, 15) is 5.11 Å². The number of nitrogens with one attached hydrogen (secondary N) is 1. The van der Waals surface area contributed by atoms with Crippen LogP contribution in [-0.2, 0) is 12.8 Å². The number of aliphatic hydroxyl groups excluding tert-OH is 1. The maximum atomic E-state index is 9.43. The zero-order valence-corrected chi connectivity index (χ0v) is 11.5. The third-order valence-electron chi connectivity index (χ3n) is 3.42. The molecule has 5 heteroatoms. The summed E-state index contributed by atoms with van der Waals surface area (Å²) in [5.74, 6) is 1.55. The van der Waals surface area contributed by atoms with Crippen molar-refractivity contribution in [3.05, 3.63) is 35.8 Å². The Morgan fingerprint density at radius 2 is 2.25 bits per heavy atom. The molecule has 20 heavy (non-hydrogen) atoms. The number of fused-ring (bicyclic) bond motifs is 1. The average Bonchev–Trinajstić information content (AvgIpc) is 2.94. The molecule has 3 rings (SSSR count). The number of hydrogen-bond acceptors (Lipinski definition) is 5. The van der Waals surface area contributed by atoms with Crippen LogP contribution in [0.4, 0.5) is 5.82 Å². The van der Waals surface area contributed by atoms with Crippen LogP contribution >= 0.6 is 0 Å². The predicted octanol–water partition coefficient (Wildman–Crippen LogP) is 1.82. The van der Waals surface area contributed by atoms with Crippen molar-refractivity contribution >= 4 is 5.82 Å². The van der Waals surface area contributed by atoms with Crippen molar-refractivity contribution in [2.45, 2.75) is 32.3 Å². The van der Waals surface area contributed by atoms with Gasteiger partial charge in [0, 0.05) is 35.8 Å². The molecule has 104 valence electrons. The predicted molar refractivity (Wildman–Crippen MR) is 77.5 cm³/mol. The Morgan fingerprint density at radius 3 is 3.00 bits per heavy atom. The van der Waals surface area contributed by atoms with Crippen LogP contribution in [0.2, 0.25) is 0 Å². The molecule has 0 fully saturated rings. The van der Waals surface area contributed by atoms with Crippen molar-refractivity contribution in [3.63, 3.8) is 0 Å². The van der Waals surface area contributed by atoms with Crippen LogP contribution in [0.3, 0.4) is 0 Å². The van der Waals surface area contributed by atoms with Crippen molar-refractivity contribution in [2.24, 2.45) is 0 Å². The van der Waals surface area contributed by atoms with E-state index in [4.69, 9.17) is 0 Å². The first-order chi connectivity index (χ1) is 9.74. The summed E-state index contributed by atoms with van der Waals surface area (Å²) >= 11 is 0. The number of nitrogens with zero attached hydrogens (tertiary/aromatic N) is 3. The lowest BCUT2D eigenvalue weighted by atomic mass is 10.2. The molecule has 0 saturated carbocycles. The Kier molecular flexibility index (Phi) is 3.60. The van der Waals surface area contributed by atoms with Crippen LogP contribution in [0.5, 0.6) is 0 Å². The number of anilines is 1. The zero-order valence-electron chi connectivity index (χ0n) is 11.5. The summed E-state index contributed by atoms with van der Waals surface area (Å²) < 4.78 is 0. The third kappa shape index (κ3) is 2.63. The normalized spacial score (nSPS) is 14.9. The highest BCUT2D eigenvalue weighted by Gasteiger charge is 2.20. The van der Waals surface area contributed by atoms with Crippen LogP contribution in [0.1, 0.15) is 24.6 Å². The highest BCUT2D eigenvalue weighted by atomic mass is 16.3. The van der Waals surface area contributed by atoms with E-state index in [2.05, 4.69) is 20.3 Å². The summed E-state index contributed by atoms with van der Waals surface area (Å²) in [6, 6.07) is 3.84.